The van der Waals surface area contributed by atoms with E-state index in [0.29, 0.717) is 17.5 Å². The SMILES string of the molecule is ClC1CC2CCC(C1)N2CCOc1ccccc1. The van der Waals surface area contributed by atoms with Gasteiger partial charge in [-0.05, 0) is 37.8 Å². The lowest BCUT2D eigenvalue weighted by molar-refractivity contribution is 0.118. The van der Waals surface area contributed by atoms with Crippen molar-refractivity contribution in [3.8, 4) is 5.75 Å². The van der Waals surface area contributed by atoms with E-state index in [4.69, 9.17) is 16.3 Å². The summed E-state index contributed by atoms with van der Waals surface area (Å²) in [7, 11) is 0. The Hall–Kier alpha value is -0.730. The molecule has 2 saturated heterocycles. The average molecular weight is 266 g/mol. The van der Waals surface area contributed by atoms with E-state index in [1.807, 2.05) is 30.3 Å². The number of hydrogen-bond acceptors (Lipinski definition) is 2. The Labute approximate surface area is 114 Å². The molecule has 2 unspecified atom stereocenters. The second kappa shape index (κ2) is 5.50. The Morgan fingerprint density at radius 1 is 1.11 bits per heavy atom. The number of fused-ring (bicyclic) bond motifs is 2. The van der Waals surface area contributed by atoms with E-state index in [1.165, 1.54) is 12.8 Å². The first-order chi connectivity index (χ1) is 8.83. The third kappa shape index (κ3) is 2.65. The Bertz CT molecular complexity index is 369. The van der Waals surface area contributed by atoms with Crippen LogP contribution < -0.4 is 4.74 Å². The standard InChI is InChI=1S/C15H20ClNO/c16-12-10-13-6-7-14(11-12)17(13)8-9-18-15-4-2-1-3-5-15/h1-5,12-14H,6-11H2. The smallest absolute Gasteiger partial charge is 0.119 e. The van der Waals surface area contributed by atoms with Gasteiger partial charge in [0.1, 0.15) is 12.4 Å². The zero-order valence-electron chi connectivity index (χ0n) is 10.6. The minimum absolute atomic E-state index is 0.397. The van der Waals surface area contributed by atoms with Gasteiger partial charge in [-0.25, -0.2) is 0 Å². The number of nitrogens with zero attached hydrogens (tertiary/aromatic N) is 1. The van der Waals surface area contributed by atoms with Crippen LogP contribution in [0.3, 0.4) is 0 Å². The molecule has 0 radical (unpaired) electrons. The lowest BCUT2D eigenvalue weighted by Crippen LogP contribution is -2.45. The largest absolute Gasteiger partial charge is 0.492 e. The van der Waals surface area contributed by atoms with Crippen LogP contribution in [0.4, 0.5) is 0 Å². The highest BCUT2D eigenvalue weighted by Gasteiger charge is 2.39. The first-order valence-corrected chi connectivity index (χ1v) is 7.34. The predicted molar refractivity (Wildman–Crippen MR) is 74.3 cm³/mol. The molecule has 0 amide bonds. The molecule has 18 heavy (non-hydrogen) atoms. The molecule has 0 aliphatic carbocycles. The van der Waals surface area contributed by atoms with Crippen LogP contribution in [0.15, 0.2) is 30.3 Å². The molecule has 2 fully saturated rings. The van der Waals surface area contributed by atoms with Gasteiger partial charge >= 0.3 is 0 Å². The Kier molecular flexibility index (Phi) is 3.76. The highest BCUT2D eigenvalue weighted by atomic mass is 35.5. The summed E-state index contributed by atoms with van der Waals surface area (Å²) in [6, 6.07) is 11.5. The lowest BCUT2D eigenvalue weighted by atomic mass is 10.0. The van der Waals surface area contributed by atoms with E-state index in [-0.39, 0.29) is 0 Å². The Morgan fingerprint density at radius 3 is 2.44 bits per heavy atom. The van der Waals surface area contributed by atoms with Crippen molar-refractivity contribution in [2.24, 2.45) is 0 Å². The van der Waals surface area contributed by atoms with Crippen molar-refractivity contribution >= 4 is 11.6 Å². The summed E-state index contributed by atoms with van der Waals surface area (Å²) in [6.45, 7) is 1.82. The van der Waals surface area contributed by atoms with Crippen LogP contribution in [-0.4, -0.2) is 35.5 Å². The molecular formula is C15H20ClNO. The van der Waals surface area contributed by atoms with Crippen LogP contribution in [0.2, 0.25) is 0 Å². The monoisotopic (exact) mass is 265 g/mol. The summed E-state index contributed by atoms with van der Waals surface area (Å²) in [5.74, 6) is 0.970. The van der Waals surface area contributed by atoms with Gasteiger partial charge in [0.2, 0.25) is 0 Å². The van der Waals surface area contributed by atoms with Crippen molar-refractivity contribution in [3.05, 3.63) is 30.3 Å². The number of ether oxygens (including phenoxy) is 1. The number of benzene rings is 1. The van der Waals surface area contributed by atoms with Gasteiger partial charge < -0.3 is 4.74 Å². The molecule has 0 N–H and O–H groups in total. The average Bonchev–Trinajstić information content (AvgIpc) is 2.63. The normalized spacial score (nSPS) is 31.5. The molecule has 2 bridgehead atoms. The fourth-order valence-corrected chi connectivity index (χ4v) is 3.77. The predicted octanol–water partition coefficient (Wildman–Crippen LogP) is 3.30. The summed E-state index contributed by atoms with van der Waals surface area (Å²) >= 11 is 6.28. The minimum atomic E-state index is 0.397. The second-order valence-corrected chi connectivity index (χ2v) is 5.97. The zero-order valence-corrected chi connectivity index (χ0v) is 11.4. The molecule has 1 aromatic carbocycles. The van der Waals surface area contributed by atoms with Crippen molar-refractivity contribution < 1.29 is 4.74 Å². The number of piperidine rings is 1. The van der Waals surface area contributed by atoms with E-state index >= 15 is 0 Å². The highest BCUT2D eigenvalue weighted by Crippen LogP contribution is 2.37. The van der Waals surface area contributed by atoms with Crippen molar-refractivity contribution in [3.63, 3.8) is 0 Å². The summed E-state index contributed by atoms with van der Waals surface area (Å²) in [6.07, 6.45) is 4.95. The third-order valence-corrected chi connectivity index (χ3v) is 4.54. The molecule has 2 aliphatic heterocycles. The van der Waals surface area contributed by atoms with E-state index in [2.05, 4.69) is 4.90 Å². The van der Waals surface area contributed by atoms with Gasteiger partial charge in [-0.1, -0.05) is 18.2 Å². The minimum Gasteiger partial charge on any atom is -0.492 e. The fraction of sp³-hybridized carbons (Fsp3) is 0.600. The van der Waals surface area contributed by atoms with Crippen LogP contribution in [0.5, 0.6) is 5.75 Å². The van der Waals surface area contributed by atoms with Gasteiger partial charge in [0, 0.05) is 24.0 Å². The van der Waals surface area contributed by atoms with Crippen molar-refractivity contribution in [2.75, 3.05) is 13.2 Å². The molecule has 2 atom stereocenters. The number of halogens is 1. The molecule has 3 heteroatoms. The number of alkyl halides is 1. The molecule has 3 rings (SSSR count). The zero-order chi connectivity index (χ0) is 12.4. The molecule has 98 valence electrons. The molecular weight excluding hydrogens is 246 g/mol. The summed E-state index contributed by atoms with van der Waals surface area (Å²) < 4.78 is 5.79. The summed E-state index contributed by atoms with van der Waals surface area (Å²) in [5.41, 5.74) is 0. The first-order valence-electron chi connectivity index (χ1n) is 6.90. The molecule has 0 spiro atoms. The lowest BCUT2D eigenvalue weighted by Gasteiger charge is -2.36. The number of hydrogen-bond donors (Lipinski definition) is 0. The number of rotatable bonds is 4. The molecule has 0 saturated carbocycles. The van der Waals surface area contributed by atoms with Gasteiger partial charge in [0.05, 0.1) is 0 Å². The van der Waals surface area contributed by atoms with E-state index in [0.717, 1.165) is 31.7 Å². The summed E-state index contributed by atoms with van der Waals surface area (Å²) in [5, 5.41) is 0.397. The summed E-state index contributed by atoms with van der Waals surface area (Å²) in [4.78, 5) is 2.61. The van der Waals surface area contributed by atoms with Crippen molar-refractivity contribution in [1.29, 1.82) is 0 Å². The maximum Gasteiger partial charge on any atom is 0.119 e. The van der Waals surface area contributed by atoms with Gasteiger partial charge in [-0.15, -0.1) is 11.6 Å². The van der Waals surface area contributed by atoms with Gasteiger partial charge in [0.15, 0.2) is 0 Å². The first kappa shape index (κ1) is 12.3. The van der Waals surface area contributed by atoms with Crippen molar-refractivity contribution in [1.82, 2.24) is 4.90 Å². The number of para-hydroxylation sites is 1. The Morgan fingerprint density at radius 2 is 1.78 bits per heavy atom. The van der Waals surface area contributed by atoms with E-state index in [1.54, 1.807) is 0 Å². The molecule has 1 aromatic rings. The second-order valence-electron chi connectivity index (χ2n) is 5.35. The Balaban J connectivity index is 1.49. The van der Waals surface area contributed by atoms with Crippen LogP contribution in [0, 0.1) is 0 Å². The quantitative estimate of drug-likeness (QED) is 0.775. The van der Waals surface area contributed by atoms with Gasteiger partial charge in [0.25, 0.3) is 0 Å². The van der Waals surface area contributed by atoms with Crippen molar-refractivity contribution in [2.45, 2.75) is 43.1 Å². The maximum atomic E-state index is 6.28. The molecule has 2 aliphatic rings. The molecule has 2 heterocycles. The molecule has 2 nitrogen and oxygen atoms in total. The van der Waals surface area contributed by atoms with Crippen LogP contribution in [0.25, 0.3) is 0 Å². The van der Waals surface area contributed by atoms with Gasteiger partial charge in [-0.3, -0.25) is 4.90 Å². The fourth-order valence-electron chi connectivity index (χ4n) is 3.36. The van der Waals surface area contributed by atoms with E-state index < -0.39 is 0 Å². The van der Waals surface area contributed by atoms with Crippen LogP contribution in [-0.2, 0) is 0 Å². The third-order valence-electron chi connectivity index (χ3n) is 4.19. The van der Waals surface area contributed by atoms with E-state index in [9.17, 15) is 0 Å². The van der Waals surface area contributed by atoms with Crippen LogP contribution >= 0.6 is 11.6 Å². The van der Waals surface area contributed by atoms with Crippen LogP contribution in [0.1, 0.15) is 25.7 Å². The highest BCUT2D eigenvalue weighted by molar-refractivity contribution is 6.20. The molecule has 0 aromatic heterocycles. The topological polar surface area (TPSA) is 12.5 Å². The maximum absolute atomic E-state index is 6.28. The van der Waals surface area contributed by atoms with Gasteiger partial charge in [-0.2, -0.15) is 0 Å².